The minimum absolute atomic E-state index is 0.178. The van der Waals surface area contributed by atoms with Crippen LogP contribution in [0.5, 0.6) is 5.75 Å². The maximum atomic E-state index is 13.0. The van der Waals surface area contributed by atoms with Crippen LogP contribution in [0.3, 0.4) is 0 Å². The Labute approximate surface area is 104 Å². The summed E-state index contributed by atoms with van der Waals surface area (Å²) in [6, 6.07) is 3.87. The second-order valence-corrected chi connectivity index (χ2v) is 5.79. The molecule has 0 atom stereocenters. The number of halogens is 1. The van der Waals surface area contributed by atoms with Crippen LogP contribution in [0.25, 0.3) is 0 Å². The number of hydrogen-bond acceptors (Lipinski definition) is 5. The summed E-state index contributed by atoms with van der Waals surface area (Å²) in [4.78, 5) is 11.5. The van der Waals surface area contributed by atoms with E-state index < -0.39 is 25.5 Å². The Balaban J connectivity index is 2.70. The summed E-state index contributed by atoms with van der Waals surface area (Å²) in [6.07, 6.45) is -0.504. The van der Waals surface area contributed by atoms with Gasteiger partial charge in [0.2, 0.25) is 0 Å². The lowest BCUT2D eigenvalue weighted by atomic mass is 10.2. The van der Waals surface area contributed by atoms with Crippen molar-refractivity contribution in [2.75, 3.05) is 20.4 Å². The molecule has 0 unspecified atom stereocenters. The van der Waals surface area contributed by atoms with Gasteiger partial charge in [-0.2, -0.15) is 0 Å². The van der Waals surface area contributed by atoms with Gasteiger partial charge < -0.3 is 13.8 Å². The number of esters is 1. The fraction of sp³-hybridized carbons (Fsp3) is 0.364. The average Bonchev–Trinajstić information content (AvgIpc) is 2.33. The highest BCUT2D eigenvalue weighted by Gasteiger charge is 2.26. The van der Waals surface area contributed by atoms with Crippen LogP contribution in [0.2, 0.25) is 0 Å². The maximum Gasteiger partial charge on any atom is 0.341 e. The van der Waals surface area contributed by atoms with Gasteiger partial charge in [-0.15, -0.1) is 0 Å². The van der Waals surface area contributed by atoms with Gasteiger partial charge >= 0.3 is 13.6 Å². The van der Waals surface area contributed by atoms with E-state index in [1.165, 1.54) is 32.4 Å². The molecular weight excluding hydrogens is 262 g/mol. The highest BCUT2D eigenvalue weighted by atomic mass is 31.2. The molecule has 7 heteroatoms. The first kappa shape index (κ1) is 14.8. The van der Waals surface area contributed by atoms with Crippen LogP contribution >= 0.6 is 7.60 Å². The molecule has 1 rings (SSSR count). The largest absolute Gasteiger partial charge is 0.426 e. The first-order chi connectivity index (χ1) is 8.40. The van der Waals surface area contributed by atoms with Gasteiger partial charge in [-0.05, 0) is 30.7 Å². The van der Waals surface area contributed by atoms with Crippen LogP contribution in [-0.4, -0.2) is 26.4 Å². The first-order valence-corrected chi connectivity index (χ1v) is 6.80. The molecule has 0 saturated heterocycles. The van der Waals surface area contributed by atoms with E-state index in [4.69, 9.17) is 4.74 Å². The van der Waals surface area contributed by atoms with Gasteiger partial charge in [0, 0.05) is 14.2 Å². The monoisotopic (exact) mass is 276 g/mol. The van der Waals surface area contributed by atoms with Gasteiger partial charge in [0.1, 0.15) is 17.7 Å². The number of carbonyl (C=O) groups is 1. The third kappa shape index (κ3) is 3.91. The molecule has 0 radical (unpaired) electrons. The molecule has 100 valence electrons. The molecule has 0 aliphatic heterocycles. The van der Waals surface area contributed by atoms with E-state index in [9.17, 15) is 13.8 Å². The molecule has 0 heterocycles. The van der Waals surface area contributed by atoms with Crippen molar-refractivity contribution in [3.63, 3.8) is 0 Å². The SMILES string of the molecule is COP(=O)(CC(=O)Oc1ccc(F)c(C)c1)OC. The van der Waals surface area contributed by atoms with Crippen LogP contribution < -0.4 is 4.74 Å². The fourth-order valence-electron chi connectivity index (χ4n) is 1.21. The molecule has 0 fully saturated rings. The van der Waals surface area contributed by atoms with E-state index in [0.717, 1.165) is 0 Å². The van der Waals surface area contributed by atoms with E-state index >= 15 is 0 Å². The Hall–Kier alpha value is -1.23. The number of aryl methyl sites for hydroxylation is 1. The van der Waals surface area contributed by atoms with E-state index in [0.29, 0.717) is 5.56 Å². The summed E-state index contributed by atoms with van der Waals surface area (Å²) < 4.78 is 38.8. The quantitative estimate of drug-likeness (QED) is 0.470. The zero-order valence-electron chi connectivity index (χ0n) is 10.3. The second kappa shape index (κ2) is 6.09. The number of benzene rings is 1. The molecule has 0 bridgehead atoms. The van der Waals surface area contributed by atoms with E-state index in [1.807, 2.05) is 0 Å². The van der Waals surface area contributed by atoms with Gasteiger partial charge in [-0.3, -0.25) is 9.36 Å². The second-order valence-electron chi connectivity index (χ2n) is 3.52. The highest BCUT2D eigenvalue weighted by molar-refractivity contribution is 7.54. The summed E-state index contributed by atoms with van der Waals surface area (Å²) in [7, 11) is -1.08. The van der Waals surface area contributed by atoms with Gasteiger partial charge in [-0.1, -0.05) is 0 Å². The van der Waals surface area contributed by atoms with Crippen molar-refractivity contribution in [3.8, 4) is 5.75 Å². The zero-order chi connectivity index (χ0) is 13.8. The molecule has 5 nitrogen and oxygen atoms in total. The molecule has 0 aliphatic rings. The van der Waals surface area contributed by atoms with Crippen molar-refractivity contribution in [2.24, 2.45) is 0 Å². The molecule has 0 spiro atoms. The zero-order valence-corrected chi connectivity index (χ0v) is 11.2. The van der Waals surface area contributed by atoms with Gasteiger partial charge in [-0.25, -0.2) is 4.39 Å². The summed E-state index contributed by atoms with van der Waals surface area (Å²) in [6.45, 7) is 1.54. The summed E-state index contributed by atoms with van der Waals surface area (Å²) in [5.41, 5.74) is 0.349. The van der Waals surface area contributed by atoms with E-state index in [-0.39, 0.29) is 5.75 Å². The first-order valence-electron chi connectivity index (χ1n) is 5.07. The lowest BCUT2D eigenvalue weighted by molar-refractivity contribution is -0.131. The smallest absolute Gasteiger partial charge is 0.341 e. The van der Waals surface area contributed by atoms with Crippen molar-refractivity contribution in [1.29, 1.82) is 0 Å². The predicted octanol–water partition coefficient (Wildman–Crippen LogP) is 2.53. The molecule has 0 saturated carbocycles. The number of ether oxygens (including phenoxy) is 1. The maximum absolute atomic E-state index is 13.0. The van der Waals surface area contributed by atoms with Gasteiger partial charge in [0.05, 0.1) is 0 Å². The average molecular weight is 276 g/mol. The number of carbonyl (C=O) groups excluding carboxylic acids is 1. The van der Waals surface area contributed by atoms with Crippen LogP contribution in [0.4, 0.5) is 4.39 Å². The molecule has 0 aromatic heterocycles. The van der Waals surface area contributed by atoms with Crippen LogP contribution in [0.15, 0.2) is 18.2 Å². The standard InChI is InChI=1S/C11H14FO5P/c1-8-6-9(4-5-10(8)12)17-11(13)7-18(14,15-2)16-3/h4-6H,7H2,1-3H3. The van der Waals surface area contributed by atoms with E-state index in [2.05, 4.69) is 9.05 Å². The van der Waals surface area contributed by atoms with Crippen molar-refractivity contribution < 1.29 is 27.5 Å². The lowest BCUT2D eigenvalue weighted by Gasteiger charge is -2.12. The summed E-state index contributed by atoms with van der Waals surface area (Å²) in [5, 5.41) is 0. The van der Waals surface area contributed by atoms with Gasteiger partial charge in [0.25, 0.3) is 0 Å². The Morgan fingerprint density at radius 3 is 2.44 bits per heavy atom. The third-order valence-electron chi connectivity index (χ3n) is 2.24. The number of hydrogen-bond donors (Lipinski definition) is 0. The Morgan fingerprint density at radius 2 is 1.94 bits per heavy atom. The Morgan fingerprint density at radius 1 is 1.33 bits per heavy atom. The van der Waals surface area contributed by atoms with Crippen LogP contribution in [-0.2, 0) is 18.4 Å². The fourth-order valence-corrected chi connectivity index (χ4v) is 1.99. The third-order valence-corrected chi connectivity index (χ3v) is 4.00. The highest BCUT2D eigenvalue weighted by Crippen LogP contribution is 2.46. The topological polar surface area (TPSA) is 61.8 Å². The Bertz CT molecular complexity index is 480. The van der Waals surface area contributed by atoms with Gasteiger partial charge in [0.15, 0.2) is 0 Å². The normalized spacial score (nSPS) is 11.3. The van der Waals surface area contributed by atoms with E-state index in [1.54, 1.807) is 6.92 Å². The molecule has 0 amide bonds. The lowest BCUT2D eigenvalue weighted by Crippen LogP contribution is -2.14. The minimum atomic E-state index is -3.44. The van der Waals surface area contributed by atoms with Crippen molar-refractivity contribution in [3.05, 3.63) is 29.6 Å². The van der Waals surface area contributed by atoms with Crippen LogP contribution in [0.1, 0.15) is 5.56 Å². The number of rotatable bonds is 5. The molecule has 18 heavy (non-hydrogen) atoms. The summed E-state index contributed by atoms with van der Waals surface area (Å²) in [5.74, 6) is -0.986. The van der Waals surface area contributed by atoms with Crippen molar-refractivity contribution in [2.45, 2.75) is 6.92 Å². The molecule has 0 N–H and O–H groups in total. The molecule has 0 aliphatic carbocycles. The molecule has 1 aromatic rings. The molecule has 1 aromatic carbocycles. The van der Waals surface area contributed by atoms with Crippen molar-refractivity contribution >= 4 is 13.6 Å². The summed E-state index contributed by atoms with van der Waals surface area (Å²) >= 11 is 0. The Kier molecular flexibility index (Phi) is 5.02. The minimum Gasteiger partial charge on any atom is -0.426 e. The molecular formula is C11H14FO5P. The van der Waals surface area contributed by atoms with Crippen molar-refractivity contribution in [1.82, 2.24) is 0 Å². The van der Waals surface area contributed by atoms with Crippen LogP contribution in [0, 0.1) is 12.7 Å². The predicted molar refractivity (Wildman–Crippen MR) is 63.3 cm³/mol.